The number of nitrogens with zero attached hydrogens (tertiary/aromatic N) is 2. The van der Waals surface area contributed by atoms with Gasteiger partial charge in [-0.2, -0.15) is 4.31 Å². The maximum Gasteiger partial charge on any atom is 0.243 e. The lowest BCUT2D eigenvalue weighted by molar-refractivity contribution is -0.125. The molecule has 1 aromatic rings. The Balaban J connectivity index is 1.75. The van der Waals surface area contributed by atoms with Gasteiger partial charge in [-0.1, -0.05) is 44.9 Å². The largest absolute Gasteiger partial charge is 0.355 e. The van der Waals surface area contributed by atoms with E-state index < -0.39 is 10.0 Å². The van der Waals surface area contributed by atoms with Crippen LogP contribution in [0.1, 0.15) is 39.5 Å². The quantitative estimate of drug-likeness (QED) is 0.660. The van der Waals surface area contributed by atoms with Gasteiger partial charge in [-0.15, -0.1) is 0 Å². The standard InChI is InChI=1S/C20H33N3O3S/c1-3-8-18(9-4-2)20(24)21-12-13-22-14-16-23(17-15-22)27(25,26)19-10-6-5-7-11-19/h5-7,10-11,18H,3-4,8-9,12-17H2,1-2H3,(H,21,24). The second-order valence-electron chi connectivity index (χ2n) is 7.12. The summed E-state index contributed by atoms with van der Waals surface area (Å²) in [6, 6.07) is 8.59. The van der Waals surface area contributed by atoms with Crippen molar-refractivity contribution < 1.29 is 13.2 Å². The van der Waals surface area contributed by atoms with Crippen molar-refractivity contribution >= 4 is 15.9 Å². The van der Waals surface area contributed by atoms with Crippen LogP contribution in [0.25, 0.3) is 0 Å². The van der Waals surface area contributed by atoms with Gasteiger partial charge in [0.1, 0.15) is 0 Å². The van der Waals surface area contributed by atoms with Crippen molar-refractivity contribution in [3.8, 4) is 0 Å². The smallest absolute Gasteiger partial charge is 0.243 e. The number of benzene rings is 1. The Kier molecular flexibility index (Phi) is 8.73. The predicted octanol–water partition coefficient (Wildman–Crippen LogP) is 2.33. The van der Waals surface area contributed by atoms with Crippen LogP contribution in [0.5, 0.6) is 0 Å². The Morgan fingerprint density at radius 3 is 2.19 bits per heavy atom. The SMILES string of the molecule is CCCC(CCC)C(=O)NCCN1CCN(S(=O)(=O)c2ccccc2)CC1. The number of amides is 1. The van der Waals surface area contributed by atoms with Crippen molar-refractivity contribution in [1.29, 1.82) is 0 Å². The third kappa shape index (κ3) is 6.30. The van der Waals surface area contributed by atoms with Gasteiger partial charge < -0.3 is 5.32 Å². The minimum atomic E-state index is -3.41. The Bertz CT molecular complexity index is 665. The Hall–Kier alpha value is -1.44. The molecule has 1 heterocycles. The molecule has 152 valence electrons. The van der Waals surface area contributed by atoms with Crippen LogP contribution in [0, 0.1) is 5.92 Å². The molecule has 0 unspecified atom stereocenters. The van der Waals surface area contributed by atoms with E-state index in [1.807, 2.05) is 6.07 Å². The maximum atomic E-state index is 12.6. The molecule has 0 radical (unpaired) electrons. The molecule has 6 nitrogen and oxygen atoms in total. The van der Waals surface area contributed by atoms with Gasteiger partial charge in [0.2, 0.25) is 15.9 Å². The zero-order chi connectivity index (χ0) is 19.7. The molecule has 1 aliphatic rings. The average Bonchev–Trinajstić information content (AvgIpc) is 2.69. The van der Waals surface area contributed by atoms with E-state index in [2.05, 4.69) is 24.1 Å². The first-order valence-electron chi connectivity index (χ1n) is 10.0. The number of carbonyl (C=O) groups excluding carboxylic acids is 1. The van der Waals surface area contributed by atoms with Crippen molar-refractivity contribution in [3.05, 3.63) is 30.3 Å². The van der Waals surface area contributed by atoms with Crippen LogP contribution in [0.3, 0.4) is 0 Å². The Morgan fingerprint density at radius 1 is 1.04 bits per heavy atom. The minimum Gasteiger partial charge on any atom is -0.355 e. The topological polar surface area (TPSA) is 69.7 Å². The summed E-state index contributed by atoms with van der Waals surface area (Å²) in [4.78, 5) is 14.9. The molecule has 0 spiro atoms. The highest BCUT2D eigenvalue weighted by Crippen LogP contribution is 2.17. The predicted molar refractivity (Wildman–Crippen MR) is 108 cm³/mol. The second-order valence-corrected chi connectivity index (χ2v) is 9.06. The van der Waals surface area contributed by atoms with Crippen molar-refractivity contribution in [2.45, 2.75) is 44.4 Å². The van der Waals surface area contributed by atoms with Gasteiger partial charge in [-0.25, -0.2) is 8.42 Å². The summed E-state index contributed by atoms with van der Waals surface area (Å²) in [6.07, 6.45) is 3.93. The highest BCUT2D eigenvalue weighted by atomic mass is 32.2. The molecule has 1 fully saturated rings. The lowest BCUT2D eigenvalue weighted by atomic mass is 9.97. The number of carbonyl (C=O) groups is 1. The van der Waals surface area contributed by atoms with Gasteiger partial charge in [0.15, 0.2) is 0 Å². The van der Waals surface area contributed by atoms with Gasteiger partial charge in [-0.3, -0.25) is 9.69 Å². The van der Waals surface area contributed by atoms with Gasteiger partial charge >= 0.3 is 0 Å². The third-order valence-corrected chi connectivity index (χ3v) is 7.00. The van der Waals surface area contributed by atoms with Crippen LogP contribution in [0.15, 0.2) is 35.2 Å². The Morgan fingerprint density at radius 2 is 1.63 bits per heavy atom. The minimum absolute atomic E-state index is 0.118. The van der Waals surface area contributed by atoms with E-state index in [1.165, 1.54) is 0 Å². The summed E-state index contributed by atoms with van der Waals surface area (Å²) >= 11 is 0. The lowest BCUT2D eigenvalue weighted by Crippen LogP contribution is -2.50. The van der Waals surface area contributed by atoms with Crippen LogP contribution in [0.4, 0.5) is 0 Å². The van der Waals surface area contributed by atoms with E-state index in [0.717, 1.165) is 32.2 Å². The molecule has 7 heteroatoms. The van der Waals surface area contributed by atoms with Gasteiger partial charge in [0, 0.05) is 45.2 Å². The molecular weight excluding hydrogens is 362 g/mol. The zero-order valence-corrected chi connectivity index (χ0v) is 17.4. The van der Waals surface area contributed by atoms with Gasteiger partial charge in [-0.05, 0) is 25.0 Å². The lowest BCUT2D eigenvalue weighted by Gasteiger charge is -2.34. The summed E-state index contributed by atoms with van der Waals surface area (Å²) in [5, 5.41) is 3.05. The molecule has 0 bridgehead atoms. The summed E-state index contributed by atoms with van der Waals surface area (Å²) in [6.45, 7) is 7.95. The van der Waals surface area contributed by atoms with E-state index in [1.54, 1.807) is 28.6 Å². The van der Waals surface area contributed by atoms with E-state index >= 15 is 0 Å². The molecule has 1 aromatic carbocycles. The fourth-order valence-corrected chi connectivity index (χ4v) is 4.96. The normalized spacial score (nSPS) is 16.6. The number of hydrogen-bond donors (Lipinski definition) is 1. The van der Waals surface area contributed by atoms with Crippen LogP contribution in [-0.2, 0) is 14.8 Å². The van der Waals surface area contributed by atoms with Crippen molar-refractivity contribution in [3.63, 3.8) is 0 Å². The van der Waals surface area contributed by atoms with Crippen LogP contribution in [-0.4, -0.2) is 62.8 Å². The fraction of sp³-hybridized carbons (Fsp3) is 0.650. The molecule has 1 aliphatic heterocycles. The number of piperazine rings is 1. The van der Waals surface area contributed by atoms with E-state index in [4.69, 9.17) is 0 Å². The number of nitrogens with one attached hydrogen (secondary N) is 1. The fourth-order valence-electron chi connectivity index (χ4n) is 3.52. The van der Waals surface area contributed by atoms with E-state index in [0.29, 0.717) is 37.6 Å². The first-order valence-corrected chi connectivity index (χ1v) is 11.5. The number of sulfonamides is 1. The molecule has 1 N–H and O–H groups in total. The van der Waals surface area contributed by atoms with E-state index in [-0.39, 0.29) is 11.8 Å². The summed E-state index contributed by atoms with van der Waals surface area (Å²) in [5.41, 5.74) is 0. The van der Waals surface area contributed by atoms with Crippen LogP contribution < -0.4 is 5.32 Å². The highest BCUT2D eigenvalue weighted by Gasteiger charge is 2.28. The molecule has 27 heavy (non-hydrogen) atoms. The molecule has 0 saturated carbocycles. The van der Waals surface area contributed by atoms with Crippen molar-refractivity contribution in [1.82, 2.24) is 14.5 Å². The van der Waals surface area contributed by atoms with Gasteiger partial charge in [0.25, 0.3) is 0 Å². The third-order valence-electron chi connectivity index (χ3n) is 5.08. The monoisotopic (exact) mass is 395 g/mol. The van der Waals surface area contributed by atoms with Crippen LogP contribution >= 0.6 is 0 Å². The average molecular weight is 396 g/mol. The zero-order valence-electron chi connectivity index (χ0n) is 16.6. The first kappa shape index (κ1) is 21.9. The molecule has 0 aliphatic carbocycles. The van der Waals surface area contributed by atoms with Crippen LogP contribution in [0.2, 0.25) is 0 Å². The summed E-state index contributed by atoms with van der Waals surface area (Å²) < 4.78 is 26.8. The Labute approximate surface area is 164 Å². The van der Waals surface area contributed by atoms with Gasteiger partial charge in [0.05, 0.1) is 4.90 Å². The van der Waals surface area contributed by atoms with Crippen molar-refractivity contribution in [2.24, 2.45) is 5.92 Å². The summed E-state index contributed by atoms with van der Waals surface area (Å²) in [5.74, 6) is 0.275. The summed E-state index contributed by atoms with van der Waals surface area (Å²) in [7, 11) is -3.41. The number of rotatable bonds is 10. The van der Waals surface area contributed by atoms with E-state index in [9.17, 15) is 13.2 Å². The molecule has 0 aromatic heterocycles. The highest BCUT2D eigenvalue weighted by molar-refractivity contribution is 7.89. The maximum absolute atomic E-state index is 12.6. The molecule has 1 saturated heterocycles. The molecular formula is C20H33N3O3S. The second kappa shape index (κ2) is 10.8. The van der Waals surface area contributed by atoms with Crippen molar-refractivity contribution in [2.75, 3.05) is 39.3 Å². The number of hydrogen-bond acceptors (Lipinski definition) is 4. The molecule has 0 atom stereocenters. The molecule has 2 rings (SSSR count). The molecule has 1 amide bonds. The first-order chi connectivity index (χ1) is 13.0.